The molecule has 0 aliphatic carbocycles. The van der Waals surface area contributed by atoms with Gasteiger partial charge in [0, 0.05) is 17.4 Å². The standard InChI is InChI=1S/C14H14ClNO/c1-8-3-4-10-13(15)11-7-17-6-5-12(11)16-14(10)9(8)2/h3-4H,5-7H2,1-2H3. The number of ether oxygens (including phenoxy) is 1. The third kappa shape index (κ3) is 1.63. The largest absolute Gasteiger partial charge is 0.376 e. The van der Waals surface area contributed by atoms with Crippen molar-refractivity contribution in [2.75, 3.05) is 6.61 Å². The number of fused-ring (bicyclic) bond motifs is 2. The highest BCUT2D eigenvalue weighted by Gasteiger charge is 2.18. The Kier molecular flexibility index (Phi) is 2.57. The zero-order valence-corrected chi connectivity index (χ0v) is 10.8. The van der Waals surface area contributed by atoms with Crippen molar-refractivity contribution in [3.63, 3.8) is 0 Å². The minimum Gasteiger partial charge on any atom is -0.376 e. The van der Waals surface area contributed by atoms with E-state index < -0.39 is 0 Å². The first-order valence-electron chi connectivity index (χ1n) is 5.83. The molecule has 0 fully saturated rings. The molecule has 2 heterocycles. The van der Waals surface area contributed by atoms with Gasteiger partial charge in [-0.1, -0.05) is 23.7 Å². The number of aryl methyl sites for hydroxylation is 2. The van der Waals surface area contributed by atoms with E-state index in [1.165, 1.54) is 11.1 Å². The lowest BCUT2D eigenvalue weighted by Gasteiger charge is -2.19. The van der Waals surface area contributed by atoms with Gasteiger partial charge in [-0.15, -0.1) is 0 Å². The molecule has 0 saturated carbocycles. The molecule has 0 N–H and O–H groups in total. The number of pyridine rings is 1. The van der Waals surface area contributed by atoms with Crippen molar-refractivity contribution < 1.29 is 4.74 Å². The lowest BCUT2D eigenvalue weighted by Crippen LogP contribution is -2.13. The average Bonchev–Trinajstić information content (AvgIpc) is 2.35. The number of hydrogen-bond donors (Lipinski definition) is 0. The van der Waals surface area contributed by atoms with Crippen LogP contribution in [0.15, 0.2) is 12.1 Å². The molecular formula is C14H14ClNO. The molecule has 0 unspecified atom stereocenters. The van der Waals surface area contributed by atoms with E-state index in [0.29, 0.717) is 6.61 Å². The SMILES string of the molecule is Cc1ccc2c(Cl)c3c(nc2c1C)CCOC3. The minimum absolute atomic E-state index is 0.587. The van der Waals surface area contributed by atoms with Gasteiger partial charge in [-0.05, 0) is 25.0 Å². The van der Waals surface area contributed by atoms with E-state index in [2.05, 4.69) is 26.0 Å². The first-order chi connectivity index (χ1) is 8.18. The summed E-state index contributed by atoms with van der Waals surface area (Å²) in [5, 5.41) is 1.85. The van der Waals surface area contributed by atoms with Crippen LogP contribution in [0.5, 0.6) is 0 Å². The summed E-state index contributed by atoms with van der Waals surface area (Å²) >= 11 is 6.46. The van der Waals surface area contributed by atoms with Crippen LogP contribution < -0.4 is 0 Å². The number of halogens is 1. The Labute approximate surface area is 106 Å². The number of aromatic nitrogens is 1. The van der Waals surface area contributed by atoms with Gasteiger partial charge in [0.2, 0.25) is 0 Å². The van der Waals surface area contributed by atoms with Crippen molar-refractivity contribution >= 4 is 22.5 Å². The van der Waals surface area contributed by atoms with Gasteiger partial charge >= 0.3 is 0 Å². The zero-order valence-electron chi connectivity index (χ0n) is 10.0. The fraction of sp³-hybridized carbons (Fsp3) is 0.357. The summed E-state index contributed by atoms with van der Waals surface area (Å²) in [6, 6.07) is 4.16. The van der Waals surface area contributed by atoms with E-state index in [0.717, 1.165) is 40.2 Å². The number of nitrogens with zero attached hydrogens (tertiary/aromatic N) is 1. The van der Waals surface area contributed by atoms with Gasteiger partial charge in [0.25, 0.3) is 0 Å². The van der Waals surface area contributed by atoms with Crippen molar-refractivity contribution in [3.8, 4) is 0 Å². The van der Waals surface area contributed by atoms with Gasteiger partial charge in [0.05, 0.1) is 29.4 Å². The Bertz CT molecular complexity index is 607. The van der Waals surface area contributed by atoms with Crippen molar-refractivity contribution in [1.82, 2.24) is 4.98 Å². The van der Waals surface area contributed by atoms with E-state index in [-0.39, 0.29) is 0 Å². The maximum Gasteiger partial charge on any atom is 0.0752 e. The number of rotatable bonds is 0. The highest BCUT2D eigenvalue weighted by Crippen LogP contribution is 2.33. The fourth-order valence-electron chi connectivity index (χ4n) is 2.31. The van der Waals surface area contributed by atoms with E-state index >= 15 is 0 Å². The van der Waals surface area contributed by atoms with Gasteiger partial charge in [0.1, 0.15) is 0 Å². The predicted octanol–water partition coefficient (Wildman–Crippen LogP) is 3.58. The van der Waals surface area contributed by atoms with E-state index in [9.17, 15) is 0 Å². The Hall–Kier alpha value is -1.12. The van der Waals surface area contributed by atoms with Crippen LogP contribution in [-0.4, -0.2) is 11.6 Å². The summed E-state index contributed by atoms with van der Waals surface area (Å²) in [4.78, 5) is 4.77. The number of benzene rings is 1. The molecule has 2 aromatic rings. The third-order valence-electron chi connectivity index (χ3n) is 3.53. The summed E-state index contributed by atoms with van der Waals surface area (Å²) in [7, 11) is 0. The van der Waals surface area contributed by atoms with E-state index in [1.807, 2.05) is 0 Å². The molecule has 0 bridgehead atoms. The monoisotopic (exact) mass is 247 g/mol. The molecule has 1 aliphatic rings. The summed E-state index contributed by atoms with van der Waals surface area (Å²) in [5.74, 6) is 0. The predicted molar refractivity (Wildman–Crippen MR) is 69.6 cm³/mol. The Morgan fingerprint density at radius 1 is 1.29 bits per heavy atom. The fourth-order valence-corrected chi connectivity index (χ4v) is 2.63. The van der Waals surface area contributed by atoms with Crippen molar-refractivity contribution in [2.24, 2.45) is 0 Å². The van der Waals surface area contributed by atoms with Crippen molar-refractivity contribution in [2.45, 2.75) is 26.9 Å². The lowest BCUT2D eigenvalue weighted by molar-refractivity contribution is 0.109. The van der Waals surface area contributed by atoms with Gasteiger partial charge in [0.15, 0.2) is 0 Å². The second-order valence-corrected chi connectivity index (χ2v) is 4.94. The zero-order chi connectivity index (χ0) is 12.0. The van der Waals surface area contributed by atoms with E-state index in [1.54, 1.807) is 0 Å². The Morgan fingerprint density at radius 3 is 2.94 bits per heavy atom. The van der Waals surface area contributed by atoms with Gasteiger partial charge < -0.3 is 4.74 Å². The Morgan fingerprint density at radius 2 is 2.12 bits per heavy atom. The molecule has 1 aliphatic heterocycles. The second kappa shape index (κ2) is 3.97. The molecule has 17 heavy (non-hydrogen) atoms. The molecule has 1 aromatic heterocycles. The van der Waals surface area contributed by atoms with Crippen LogP contribution in [-0.2, 0) is 17.8 Å². The molecule has 0 spiro atoms. The molecule has 0 radical (unpaired) electrons. The van der Waals surface area contributed by atoms with Crippen molar-refractivity contribution in [3.05, 3.63) is 39.5 Å². The van der Waals surface area contributed by atoms with Crippen LogP contribution in [0.25, 0.3) is 10.9 Å². The second-order valence-electron chi connectivity index (χ2n) is 4.56. The van der Waals surface area contributed by atoms with E-state index in [4.69, 9.17) is 21.3 Å². The van der Waals surface area contributed by atoms with Crippen LogP contribution in [0, 0.1) is 13.8 Å². The maximum atomic E-state index is 6.46. The quantitative estimate of drug-likeness (QED) is 0.710. The molecule has 88 valence electrons. The molecule has 1 aromatic carbocycles. The van der Waals surface area contributed by atoms with Crippen LogP contribution in [0.2, 0.25) is 5.02 Å². The third-order valence-corrected chi connectivity index (χ3v) is 3.96. The first kappa shape index (κ1) is 11.0. The molecule has 0 atom stereocenters. The van der Waals surface area contributed by atoms with Crippen molar-refractivity contribution in [1.29, 1.82) is 0 Å². The average molecular weight is 248 g/mol. The summed E-state index contributed by atoms with van der Waals surface area (Å²) in [6.45, 7) is 5.54. The topological polar surface area (TPSA) is 22.1 Å². The summed E-state index contributed by atoms with van der Waals surface area (Å²) in [6.07, 6.45) is 0.859. The highest BCUT2D eigenvalue weighted by atomic mass is 35.5. The molecular weight excluding hydrogens is 234 g/mol. The molecule has 3 heteroatoms. The van der Waals surface area contributed by atoms with Crippen LogP contribution in [0.1, 0.15) is 22.4 Å². The molecule has 2 nitrogen and oxygen atoms in total. The highest BCUT2D eigenvalue weighted by molar-refractivity contribution is 6.36. The number of hydrogen-bond acceptors (Lipinski definition) is 2. The van der Waals surface area contributed by atoms with Gasteiger partial charge in [-0.25, -0.2) is 0 Å². The maximum absolute atomic E-state index is 6.46. The van der Waals surface area contributed by atoms with Crippen LogP contribution in [0.3, 0.4) is 0 Å². The molecule has 0 amide bonds. The Balaban J connectivity index is 2.40. The first-order valence-corrected chi connectivity index (χ1v) is 6.21. The normalized spacial score (nSPS) is 15.0. The summed E-state index contributed by atoms with van der Waals surface area (Å²) < 4.78 is 5.46. The summed E-state index contributed by atoms with van der Waals surface area (Å²) in [5.41, 5.74) is 5.68. The van der Waals surface area contributed by atoms with Gasteiger partial charge in [-0.2, -0.15) is 0 Å². The van der Waals surface area contributed by atoms with Gasteiger partial charge in [-0.3, -0.25) is 4.98 Å². The molecule has 3 rings (SSSR count). The molecule has 0 saturated heterocycles. The minimum atomic E-state index is 0.587. The van der Waals surface area contributed by atoms with Crippen LogP contribution >= 0.6 is 11.6 Å². The smallest absolute Gasteiger partial charge is 0.0752 e. The van der Waals surface area contributed by atoms with Crippen LogP contribution in [0.4, 0.5) is 0 Å². The lowest BCUT2D eigenvalue weighted by atomic mass is 10.0.